The van der Waals surface area contributed by atoms with Crippen molar-refractivity contribution >= 4 is 15.9 Å². The highest BCUT2D eigenvalue weighted by Crippen LogP contribution is 2.38. The van der Waals surface area contributed by atoms with E-state index < -0.39 is 0 Å². The summed E-state index contributed by atoms with van der Waals surface area (Å²) in [6, 6.07) is 5.52. The predicted molar refractivity (Wildman–Crippen MR) is 71.3 cm³/mol. The van der Waals surface area contributed by atoms with E-state index in [9.17, 15) is 0 Å². The van der Waals surface area contributed by atoms with E-state index in [2.05, 4.69) is 26.1 Å². The second-order valence-electron chi connectivity index (χ2n) is 4.41. The van der Waals surface area contributed by atoms with Crippen molar-refractivity contribution in [3.05, 3.63) is 34.4 Å². The first-order valence-corrected chi connectivity index (χ1v) is 6.84. The Balaban J connectivity index is 1.64. The van der Waals surface area contributed by atoms with Gasteiger partial charge in [0.2, 0.25) is 0 Å². The fourth-order valence-electron chi connectivity index (χ4n) is 1.70. The molecule has 0 bridgehead atoms. The maximum Gasteiger partial charge on any atom is 0.264 e. The highest BCUT2D eigenvalue weighted by Gasteiger charge is 2.28. The summed E-state index contributed by atoms with van der Waals surface area (Å²) in [7, 11) is 1.63. The van der Waals surface area contributed by atoms with Gasteiger partial charge in [-0.3, -0.25) is 0 Å². The first kappa shape index (κ1) is 12.5. The molecule has 1 aliphatic carbocycles. The molecule has 5 nitrogen and oxygen atoms in total. The van der Waals surface area contributed by atoms with Crippen molar-refractivity contribution in [2.45, 2.75) is 25.4 Å². The minimum atomic E-state index is 0.269. The van der Waals surface area contributed by atoms with Crippen LogP contribution >= 0.6 is 15.9 Å². The number of hydrogen-bond donors (Lipinski definition) is 0. The molecule has 0 radical (unpaired) electrons. The van der Waals surface area contributed by atoms with E-state index in [1.54, 1.807) is 7.11 Å². The summed E-state index contributed by atoms with van der Waals surface area (Å²) in [5.41, 5.74) is 0. The molecule has 0 atom stereocenters. The van der Waals surface area contributed by atoms with Crippen LogP contribution < -0.4 is 9.47 Å². The molecule has 6 heteroatoms. The average molecular weight is 325 g/mol. The zero-order chi connectivity index (χ0) is 13.2. The van der Waals surface area contributed by atoms with Crippen LogP contribution in [0.1, 0.15) is 30.5 Å². The number of nitrogens with zero attached hydrogens (tertiary/aromatic N) is 2. The molecular weight excluding hydrogens is 312 g/mol. The number of benzene rings is 1. The van der Waals surface area contributed by atoms with Gasteiger partial charge in [-0.05, 0) is 47.0 Å². The van der Waals surface area contributed by atoms with Gasteiger partial charge in [-0.1, -0.05) is 5.16 Å². The third-order valence-electron chi connectivity index (χ3n) is 2.92. The highest BCUT2D eigenvalue weighted by molar-refractivity contribution is 9.10. The number of hydrogen-bond acceptors (Lipinski definition) is 5. The van der Waals surface area contributed by atoms with E-state index in [0.717, 1.165) is 28.9 Å². The molecule has 1 aromatic carbocycles. The Labute approximate surface area is 119 Å². The van der Waals surface area contributed by atoms with E-state index >= 15 is 0 Å². The molecule has 1 aliphatic rings. The average Bonchev–Trinajstić information content (AvgIpc) is 3.17. The summed E-state index contributed by atoms with van der Waals surface area (Å²) in [6.07, 6.45) is 2.31. The Morgan fingerprint density at radius 3 is 2.95 bits per heavy atom. The van der Waals surface area contributed by atoms with Crippen LogP contribution in [0.25, 0.3) is 0 Å². The number of halogens is 1. The molecule has 0 N–H and O–H groups in total. The fraction of sp³-hybridized carbons (Fsp3) is 0.385. The number of aromatic nitrogens is 2. The van der Waals surface area contributed by atoms with E-state index in [1.807, 2.05) is 18.2 Å². The largest absolute Gasteiger partial charge is 0.497 e. The standard InChI is InChI=1S/C13H13BrN2O3/c1-17-9-4-5-11(10(14)6-9)18-7-12-15-13(16-19-12)8-2-3-8/h4-6,8H,2-3,7H2,1H3. The second kappa shape index (κ2) is 5.21. The summed E-state index contributed by atoms with van der Waals surface area (Å²) in [5, 5.41) is 3.94. The lowest BCUT2D eigenvalue weighted by Gasteiger charge is -2.07. The van der Waals surface area contributed by atoms with Crippen molar-refractivity contribution in [3.8, 4) is 11.5 Å². The molecule has 2 aromatic rings. The maximum absolute atomic E-state index is 5.64. The molecule has 0 unspecified atom stereocenters. The van der Waals surface area contributed by atoms with Crippen LogP contribution in [0, 0.1) is 0 Å². The first-order valence-electron chi connectivity index (χ1n) is 6.05. The molecule has 1 saturated carbocycles. The van der Waals surface area contributed by atoms with Crippen molar-refractivity contribution in [3.63, 3.8) is 0 Å². The molecular formula is C13H13BrN2O3. The van der Waals surface area contributed by atoms with E-state index in [1.165, 1.54) is 0 Å². The van der Waals surface area contributed by atoms with Crippen molar-refractivity contribution in [2.75, 3.05) is 7.11 Å². The van der Waals surface area contributed by atoms with Gasteiger partial charge in [-0.25, -0.2) is 0 Å². The number of methoxy groups -OCH3 is 1. The molecule has 3 rings (SSSR count). The van der Waals surface area contributed by atoms with Gasteiger partial charge in [0.25, 0.3) is 5.89 Å². The van der Waals surface area contributed by atoms with Crippen LogP contribution in [-0.4, -0.2) is 17.3 Å². The van der Waals surface area contributed by atoms with Gasteiger partial charge in [0.1, 0.15) is 11.5 Å². The Hall–Kier alpha value is -1.56. The molecule has 0 aliphatic heterocycles. The molecule has 100 valence electrons. The van der Waals surface area contributed by atoms with Crippen LogP contribution in [0.2, 0.25) is 0 Å². The van der Waals surface area contributed by atoms with Crippen LogP contribution in [0.3, 0.4) is 0 Å². The smallest absolute Gasteiger partial charge is 0.264 e. The van der Waals surface area contributed by atoms with Gasteiger partial charge in [0, 0.05) is 5.92 Å². The SMILES string of the molecule is COc1ccc(OCc2nc(C3CC3)no2)c(Br)c1. The van der Waals surface area contributed by atoms with E-state index in [4.69, 9.17) is 14.0 Å². The molecule has 0 amide bonds. The van der Waals surface area contributed by atoms with Gasteiger partial charge < -0.3 is 14.0 Å². The van der Waals surface area contributed by atoms with Gasteiger partial charge in [0.15, 0.2) is 12.4 Å². The third kappa shape index (κ3) is 2.89. The van der Waals surface area contributed by atoms with E-state index in [0.29, 0.717) is 17.6 Å². The van der Waals surface area contributed by atoms with Gasteiger partial charge in [-0.15, -0.1) is 0 Å². The Morgan fingerprint density at radius 1 is 1.42 bits per heavy atom. The van der Waals surface area contributed by atoms with Crippen LogP contribution in [-0.2, 0) is 6.61 Å². The molecule has 19 heavy (non-hydrogen) atoms. The van der Waals surface area contributed by atoms with E-state index in [-0.39, 0.29) is 6.61 Å². The normalized spacial score (nSPS) is 14.4. The highest BCUT2D eigenvalue weighted by atomic mass is 79.9. The maximum atomic E-state index is 5.64. The van der Waals surface area contributed by atoms with Crippen LogP contribution in [0.15, 0.2) is 27.2 Å². The predicted octanol–water partition coefficient (Wildman–Crippen LogP) is 3.30. The number of ether oxygens (including phenoxy) is 2. The molecule has 0 spiro atoms. The fourth-order valence-corrected chi connectivity index (χ4v) is 2.17. The van der Waals surface area contributed by atoms with Crippen molar-refractivity contribution in [2.24, 2.45) is 0 Å². The monoisotopic (exact) mass is 324 g/mol. The van der Waals surface area contributed by atoms with Crippen molar-refractivity contribution in [1.82, 2.24) is 10.1 Å². The Morgan fingerprint density at radius 2 is 2.26 bits per heavy atom. The lowest BCUT2D eigenvalue weighted by Crippen LogP contribution is -1.97. The lowest BCUT2D eigenvalue weighted by atomic mass is 10.3. The zero-order valence-corrected chi connectivity index (χ0v) is 12.0. The summed E-state index contributed by atoms with van der Waals surface area (Å²) >= 11 is 3.43. The minimum Gasteiger partial charge on any atom is -0.497 e. The summed E-state index contributed by atoms with van der Waals surface area (Å²) < 4.78 is 16.7. The van der Waals surface area contributed by atoms with Crippen molar-refractivity contribution < 1.29 is 14.0 Å². The second-order valence-corrected chi connectivity index (χ2v) is 5.26. The first-order chi connectivity index (χ1) is 9.26. The molecule has 0 saturated heterocycles. The zero-order valence-electron chi connectivity index (χ0n) is 10.4. The summed E-state index contributed by atoms with van der Waals surface area (Å²) in [4.78, 5) is 4.31. The molecule has 1 heterocycles. The number of rotatable bonds is 5. The quantitative estimate of drug-likeness (QED) is 0.844. The summed E-state index contributed by atoms with van der Waals surface area (Å²) in [5.74, 6) is 3.28. The van der Waals surface area contributed by atoms with Crippen LogP contribution in [0.4, 0.5) is 0 Å². The Bertz CT molecular complexity index is 581. The Kier molecular flexibility index (Phi) is 3.42. The van der Waals surface area contributed by atoms with Crippen molar-refractivity contribution in [1.29, 1.82) is 0 Å². The van der Waals surface area contributed by atoms with Crippen LogP contribution in [0.5, 0.6) is 11.5 Å². The van der Waals surface area contributed by atoms with Gasteiger partial charge in [-0.2, -0.15) is 4.98 Å². The van der Waals surface area contributed by atoms with Gasteiger partial charge >= 0.3 is 0 Å². The summed E-state index contributed by atoms with van der Waals surface area (Å²) in [6.45, 7) is 0.269. The topological polar surface area (TPSA) is 57.4 Å². The van der Waals surface area contributed by atoms with Gasteiger partial charge in [0.05, 0.1) is 11.6 Å². The molecule has 1 fully saturated rings. The third-order valence-corrected chi connectivity index (χ3v) is 3.54. The minimum absolute atomic E-state index is 0.269. The lowest BCUT2D eigenvalue weighted by molar-refractivity contribution is 0.241. The molecule has 1 aromatic heterocycles.